The van der Waals surface area contributed by atoms with Gasteiger partial charge in [0.15, 0.2) is 0 Å². The van der Waals surface area contributed by atoms with E-state index in [1.54, 1.807) is 50.5 Å². The van der Waals surface area contributed by atoms with Gasteiger partial charge in [-0.25, -0.2) is 9.78 Å². The van der Waals surface area contributed by atoms with Crippen LogP contribution in [0, 0.1) is 0 Å². The summed E-state index contributed by atoms with van der Waals surface area (Å²) in [7, 11) is 0. The summed E-state index contributed by atoms with van der Waals surface area (Å²) in [5.74, 6) is 0.495. The number of alkyl carbamates (subject to hydrolysis) is 1. The maximum atomic E-state index is 13.3. The van der Waals surface area contributed by atoms with Gasteiger partial charge < -0.3 is 15.0 Å². The van der Waals surface area contributed by atoms with Crippen LogP contribution in [0.4, 0.5) is 4.79 Å². The number of carbonyl (C=O) groups is 1. The fourth-order valence-electron chi connectivity index (χ4n) is 3.58. The molecule has 1 saturated heterocycles. The smallest absolute Gasteiger partial charge is 0.408 e. The molecular formula is C21H29ClN4O3. The Bertz CT molecular complexity index is 945. The zero-order chi connectivity index (χ0) is 21.2. The monoisotopic (exact) mass is 420 g/mol. The molecule has 158 valence electrons. The Hall–Kier alpha value is -2.12. The number of nitrogens with one attached hydrogen (secondary N) is 1. The van der Waals surface area contributed by atoms with Crippen LogP contribution in [0.3, 0.4) is 0 Å². The largest absolute Gasteiger partial charge is 0.444 e. The third kappa shape index (κ3) is 5.28. The van der Waals surface area contributed by atoms with Gasteiger partial charge in [0.25, 0.3) is 5.56 Å². The number of ether oxygens (including phenoxy) is 1. The molecule has 8 heteroatoms. The second-order valence-electron chi connectivity index (χ2n) is 8.48. The minimum Gasteiger partial charge on any atom is -0.444 e. The van der Waals surface area contributed by atoms with Crippen molar-refractivity contribution in [1.29, 1.82) is 0 Å². The highest BCUT2D eigenvalue weighted by Gasteiger charge is 2.23. The third-order valence-electron chi connectivity index (χ3n) is 4.92. The van der Waals surface area contributed by atoms with Crippen LogP contribution >= 0.6 is 11.6 Å². The van der Waals surface area contributed by atoms with Crippen LogP contribution < -0.4 is 10.9 Å². The minimum atomic E-state index is -0.608. The number of benzene rings is 1. The van der Waals surface area contributed by atoms with Gasteiger partial charge in [0.05, 0.1) is 22.0 Å². The molecule has 29 heavy (non-hydrogen) atoms. The van der Waals surface area contributed by atoms with Gasteiger partial charge in [-0.3, -0.25) is 9.36 Å². The van der Waals surface area contributed by atoms with Crippen LogP contribution in [-0.4, -0.2) is 45.8 Å². The SMILES string of the molecule is C[C@H](NC(=O)OC(C)(C)C)c1nc2cccc(Cl)c2c(=O)n1CCN1CCCC1. The summed E-state index contributed by atoms with van der Waals surface area (Å²) in [6.45, 7) is 10.5. The van der Waals surface area contributed by atoms with Crippen LogP contribution in [0.15, 0.2) is 23.0 Å². The Morgan fingerprint density at radius 3 is 2.62 bits per heavy atom. The summed E-state index contributed by atoms with van der Waals surface area (Å²) in [6, 6.07) is 4.72. The van der Waals surface area contributed by atoms with Gasteiger partial charge in [0, 0.05) is 13.1 Å². The quantitative estimate of drug-likeness (QED) is 0.797. The summed E-state index contributed by atoms with van der Waals surface area (Å²) in [5, 5.41) is 3.59. The fraction of sp³-hybridized carbons (Fsp3) is 0.571. The molecule has 7 nitrogen and oxygen atoms in total. The third-order valence-corrected chi connectivity index (χ3v) is 5.24. The van der Waals surface area contributed by atoms with Crippen molar-refractivity contribution in [2.45, 2.75) is 58.7 Å². The van der Waals surface area contributed by atoms with E-state index in [0.29, 0.717) is 28.3 Å². The van der Waals surface area contributed by atoms with Crippen molar-refractivity contribution in [3.05, 3.63) is 39.4 Å². The van der Waals surface area contributed by atoms with Crippen molar-refractivity contribution in [2.75, 3.05) is 19.6 Å². The highest BCUT2D eigenvalue weighted by molar-refractivity contribution is 6.35. The van der Waals surface area contributed by atoms with E-state index in [-0.39, 0.29) is 5.56 Å². The topological polar surface area (TPSA) is 76.5 Å². The normalized spacial score (nSPS) is 16.2. The number of rotatable bonds is 5. The van der Waals surface area contributed by atoms with Gasteiger partial charge >= 0.3 is 6.09 Å². The first-order valence-electron chi connectivity index (χ1n) is 10.1. The average molecular weight is 421 g/mol. The molecule has 3 rings (SSSR count). The standard InChI is InChI=1S/C21H29ClN4O3/c1-14(23-20(28)29-21(2,3)4)18-24-16-9-7-8-15(22)17(16)19(27)26(18)13-12-25-10-5-6-11-25/h7-9,14H,5-6,10-13H2,1-4H3,(H,23,28)/t14-/m0/s1. The van der Waals surface area contributed by atoms with Gasteiger partial charge in [0.2, 0.25) is 0 Å². The van der Waals surface area contributed by atoms with Crippen molar-refractivity contribution < 1.29 is 9.53 Å². The molecule has 1 fully saturated rings. The summed E-state index contributed by atoms with van der Waals surface area (Å²) >= 11 is 6.30. The lowest BCUT2D eigenvalue weighted by molar-refractivity contribution is 0.0504. The summed E-state index contributed by atoms with van der Waals surface area (Å²) < 4.78 is 6.99. The second kappa shape index (κ2) is 8.71. The van der Waals surface area contributed by atoms with Crippen LogP contribution in [-0.2, 0) is 11.3 Å². The molecule has 1 amide bonds. The average Bonchev–Trinajstić information content (AvgIpc) is 3.12. The lowest BCUT2D eigenvalue weighted by Gasteiger charge is -2.24. The minimum absolute atomic E-state index is 0.187. The number of carbonyl (C=O) groups excluding carboxylic acids is 1. The molecule has 0 spiro atoms. The molecule has 0 unspecified atom stereocenters. The molecule has 0 aliphatic carbocycles. The summed E-state index contributed by atoms with van der Waals surface area (Å²) in [6.07, 6.45) is 1.82. The molecule has 1 atom stereocenters. The number of fused-ring (bicyclic) bond motifs is 1. The van der Waals surface area contributed by atoms with Gasteiger partial charge in [-0.15, -0.1) is 0 Å². The molecule has 1 aliphatic heterocycles. The predicted molar refractivity (Wildman–Crippen MR) is 114 cm³/mol. The highest BCUT2D eigenvalue weighted by Crippen LogP contribution is 2.21. The Morgan fingerprint density at radius 1 is 1.28 bits per heavy atom. The van der Waals surface area contributed by atoms with E-state index in [2.05, 4.69) is 15.2 Å². The summed E-state index contributed by atoms with van der Waals surface area (Å²) in [4.78, 5) is 32.5. The van der Waals surface area contributed by atoms with Crippen molar-refractivity contribution in [1.82, 2.24) is 19.8 Å². The van der Waals surface area contributed by atoms with Crippen LogP contribution in [0.1, 0.15) is 52.4 Å². The molecule has 2 aromatic rings. The molecule has 0 saturated carbocycles. The molecule has 0 radical (unpaired) electrons. The molecule has 2 heterocycles. The predicted octanol–water partition coefficient (Wildman–Crippen LogP) is 3.73. The number of amides is 1. The fourth-order valence-corrected chi connectivity index (χ4v) is 3.83. The first-order chi connectivity index (χ1) is 13.7. The van der Waals surface area contributed by atoms with E-state index in [0.717, 1.165) is 19.6 Å². The Labute approximate surface area is 176 Å². The zero-order valence-electron chi connectivity index (χ0n) is 17.5. The van der Waals surface area contributed by atoms with Gasteiger partial charge in [0.1, 0.15) is 11.4 Å². The van der Waals surface area contributed by atoms with E-state index in [9.17, 15) is 9.59 Å². The van der Waals surface area contributed by atoms with Crippen LogP contribution in [0.25, 0.3) is 10.9 Å². The Kier molecular flexibility index (Phi) is 6.49. The molecule has 1 N–H and O–H groups in total. The van der Waals surface area contributed by atoms with Crippen molar-refractivity contribution in [2.24, 2.45) is 0 Å². The van der Waals surface area contributed by atoms with Gasteiger partial charge in [-0.05, 0) is 65.8 Å². The van der Waals surface area contributed by atoms with Crippen molar-refractivity contribution >= 4 is 28.6 Å². The lowest BCUT2D eigenvalue weighted by atomic mass is 10.2. The second-order valence-corrected chi connectivity index (χ2v) is 8.88. The van der Waals surface area contributed by atoms with E-state index < -0.39 is 17.7 Å². The van der Waals surface area contributed by atoms with Gasteiger partial charge in [-0.1, -0.05) is 17.7 Å². The maximum absolute atomic E-state index is 13.3. The number of halogens is 1. The van der Waals surface area contributed by atoms with E-state index in [4.69, 9.17) is 16.3 Å². The summed E-state index contributed by atoms with van der Waals surface area (Å²) in [5.41, 5.74) is -0.274. The number of likely N-dealkylation sites (tertiary alicyclic amines) is 1. The Balaban J connectivity index is 1.95. The number of aromatic nitrogens is 2. The zero-order valence-corrected chi connectivity index (χ0v) is 18.3. The Morgan fingerprint density at radius 2 is 1.97 bits per heavy atom. The van der Waals surface area contributed by atoms with Crippen LogP contribution in [0.5, 0.6) is 0 Å². The van der Waals surface area contributed by atoms with E-state index >= 15 is 0 Å². The first kappa shape index (κ1) is 21.6. The lowest BCUT2D eigenvalue weighted by Crippen LogP contribution is -2.38. The maximum Gasteiger partial charge on any atom is 0.408 e. The molecule has 1 aliphatic rings. The molecule has 1 aromatic carbocycles. The number of hydrogen-bond donors (Lipinski definition) is 1. The number of nitrogens with zero attached hydrogens (tertiary/aromatic N) is 3. The van der Waals surface area contributed by atoms with Crippen molar-refractivity contribution in [3.63, 3.8) is 0 Å². The first-order valence-corrected chi connectivity index (χ1v) is 10.4. The van der Waals surface area contributed by atoms with Crippen LogP contribution in [0.2, 0.25) is 5.02 Å². The number of hydrogen-bond acceptors (Lipinski definition) is 5. The molecule has 0 bridgehead atoms. The highest BCUT2D eigenvalue weighted by atomic mass is 35.5. The van der Waals surface area contributed by atoms with Gasteiger partial charge in [-0.2, -0.15) is 0 Å². The molecular weight excluding hydrogens is 392 g/mol. The molecule has 1 aromatic heterocycles. The van der Waals surface area contributed by atoms with Crippen molar-refractivity contribution in [3.8, 4) is 0 Å². The van der Waals surface area contributed by atoms with E-state index in [1.807, 2.05) is 0 Å². The van der Waals surface area contributed by atoms with E-state index in [1.165, 1.54) is 12.8 Å².